The maximum absolute atomic E-state index is 2.61. The van der Waals surface area contributed by atoms with Crippen LogP contribution in [0.5, 0.6) is 0 Å². The van der Waals surface area contributed by atoms with Crippen LogP contribution in [-0.2, 0) is 0 Å². The molecule has 0 N–H and O–H groups in total. The van der Waals surface area contributed by atoms with Gasteiger partial charge in [0.15, 0.2) is 0 Å². The third kappa shape index (κ3) is 7.61. The first-order valence-electron chi connectivity index (χ1n) is 6.63. The summed E-state index contributed by atoms with van der Waals surface area (Å²) < 4.78 is 0. The molecule has 0 radical (unpaired) electrons. The number of nitrogens with zero attached hydrogens (tertiary/aromatic N) is 1. The van der Waals surface area contributed by atoms with Crippen LogP contribution in [0.25, 0.3) is 0 Å². The van der Waals surface area contributed by atoms with Crippen LogP contribution in [0, 0.1) is 5.92 Å². The third-order valence-corrected chi connectivity index (χ3v) is 2.70. The van der Waals surface area contributed by atoms with Crippen LogP contribution >= 0.6 is 0 Å². The highest BCUT2D eigenvalue weighted by molar-refractivity contribution is 4.87. The lowest BCUT2D eigenvalue weighted by Crippen LogP contribution is -2.30. The Balaban J connectivity index is 4.05. The van der Waals surface area contributed by atoms with Crippen LogP contribution in [0.1, 0.15) is 53.4 Å². The Morgan fingerprint density at radius 1 is 1.00 bits per heavy atom. The molecule has 0 heterocycles. The molecule has 0 saturated carbocycles. The predicted octanol–water partition coefficient (Wildman–Crippen LogP) is 4.10. The topological polar surface area (TPSA) is 3.24 Å². The summed E-state index contributed by atoms with van der Waals surface area (Å²) in [5.41, 5.74) is 0. The zero-order valence-electron chi connectivity index (χ0n) is 11.1. The Labute approximate surface area is 96.6 Å². The average Bonchev–Trinajstić information content (AvgIpc) is 2.19. The van der Waals surface area contributed by atoms with Crippen LogP contribution in [0.3, 0.4) is 0 Å². The van der Waals surface area contributed by atoms with E-state index in [4.69, 9.17) is 0 Å². The summed E-state index contributed by atoms with van der Waals surface area (Å²) in [6.07, 6.45) is 9.75. The van der Waals surface area contributed by atoms with Gasteiger partial charge in [0.2, 0.25) is 0 Å². The minimum atomic E-state index is 0.762. The fourth-order valence-corrected chi connectivity index (χ4v) is 2.15. The highest BCUT2D eigenvalue weighted by Gasteiger charge is 2.09. The second-order valence-electron chi connectivity index (χ2n) is 4.38. The van der Waals surface area contributed by atoms with Gasteiger partial charge in [-0.1, -0.05) is 39.3 Å². The van der Waals surface area contributed by atoms with Gasteiger partial charge in [0.05, 0.1) is 0 Å². The van der Waals surface area contributed by atoms with E-state index < -0.39 is 0 Å². The molecule has 0 amide bonds. The third-order valence-electron chi connectivity index (χ3n) is 2.70. The van der Waals surface area contributed by atoms with Crippen molar-refractivity contribution in [2.45, 2.75) is 53.4 Å². The Hall–Kier alpha value is -0.300. The smallest absolute Gasteiger partial charge is 0.00443 e. The van der Waals surface area contributed by atoms with Crippen LogP contribution < -0.4 is 0 Å². The van der Waals surface area contributed by atoms with Crippen molar-refractivity contribution < 1.29 is 0 Å². The molecule has 0 aliphatic heterocycles. The standard InChI is InChI=1S/C14H29N/c1-5-9-14(10-6-2)13-15(11-7-3)12-8-4/h5,9,14H,6-8,10-13H2,1-4H3/b9-5+. The molecule has 15 heavy (non-hydrogen) atoms. The summed E-state index contributed by atoms with van der Waals surface area (Å²) in [6, 6.07) is 0. The maximum Gasteiger partial charge on any atom is 0.00443 e. The van der Waals surface area contributed by atoms with Gasteiger partial charge in [-0.3, -0.25) is 0 Å². The van der Waals surface area contributed by atoms with E-state index >= 15 is 0 Å². The molecule has 1 unspecified atom stereocenters. The van der Waals surface area contributed by atoms with Gasteiger partial charge in [0.25, 0.3) is 0 Å². The Morgan fingerprint density at radius 2 is 1.60 bits per heavy atom. The van der Waals surface area contributed by atoms with Crippen molar-refractivity contribution >= 4 is 0 Å². The van der Waals surface area contributed by atoms with Gasteiger partial charge in [-0.2, -0.15) is 0 Å². The second kappa shape index (κ2) is 10.2. The predicted molar refractivity (Wildman–Crippen MR) is 70.2 cm³/mol. The zero-order valence-corrected chi connectivity index (χ0v) is 11.1. The van der Waals surface area contributed by atoms with E-state index in [0.717, 1.165) is 5.92 Å². The lowest BCUT2D eigenvalue weighted by atomic mass is 10.0. The summed E-state index contributed by atoms with van der Waals surface area (Å²) >= 11 is 0. The summed E-state index contributed by atoms with van der Waals surface area (Å²) in [7, 11) is 0. The average molecular weight is 211 g/mol. The number of hydrogen-bond donors (Lipinski definition) is 0. The Bertz CT molecular complexity index is 145. The van der Waals surface area contributed by atoms with E-state index in [0.29, 0.717) is 0 Å². The van der Waals surface area contributed by atoms with Gasteiger partial charge in [-0.15, -0.1) is 0 Å². The number of rotatable bonds is 9. The lowest BCUT2D eigenvalue weighted by Gasteiger charge is -2.25. The molecule has 0 bridgehead atoms. The van der Waals surface area contributed by atoms with Gasteiger partial charge in [0, 0.05) is 6.54 Å². The zero-order chi connectivity index (χ0) is 11.5. The quantitative estimate of drug-likeness (QED) is 0.519. The molecule has 0 aromatic heterocycles. The molecule has 0 aliphatic rings. The molecule has 1 nitrogen and oxygen atoms in total. The van der Waals surface area contributed by atoms with Gasteiger partial charge >= 0.3 is 0 Å². The van der Waals surface area contributed by atoms with Crippen LogP contribution in [-0.4, -0.2) is 24.5 Å². The molecule has 1 atom stereocenters. The van der Waals surface area contributed by atoms with E-state index in [-0.39, 0.29) is 0 Å². The van der Waals surface area contributed by atoms with E-state index in [1.54, 1.807) is 0 Å². The normalized spacial score (nSPS) is 13.9. The fraction of sp³-hybridized carbons (Fsp3) is 0.857. The van der Waals surface area contributed by atoms with Crippen LogP contribution in [0.15, 0.2) is 12.2 Å². The molecule has 0 spiro atoms. The van der Waals surface area contributed by atoms with Gasteiger partial charge in [-0.25, -0.2) is 0 Å². The minimum absolute atomic E-state index is 0.762. The molecular weight excluding hydrogens is 182 g/mol. The maximum atomic E-state index is 2.61. The van der Waals surface area contributed by atoms with Crippen LogP contribution in [0.4, 0.5) is 0 Å². The fourth-order valence-electron chi connectivity index (χ4n) is 2.15. The van der Waals surface area contributed by atoms with Crippen molar-refractivity contribution in [1.29, 1.82) is 0 Å². The molecule has 0 saturated heterocycles. The van der Waals surface area contributed by atoms with E-state index in [9.17, 15) is 0 Å². The van der Waals surface area contributed by atoms with Crippen molar-refractivity contribution in [3.8, 4) is 0 Å². The molecule has 0 aromatic rings. The van der Waals surface area contributed by atoms with E-state index in [1.165, 1.54) is 45.3 Å². The first kappa shape index (κ1) is 14.7. The molecular formula is C14H29N. The Morgan fingerprint density at radius 3 is 2.00 bits per heavy atom. The number of allylic oxidation sites excluding steroid dienone is 1. The second-order valence-corrected chi connectivity index (χ2v) is 4.38. The first-order chi connectivity index (χ1) is 7.28. The summed E-state index contributed by atoms with van der Waals surface area (Å²) in [6.45, 7) is 12.7. The molecule has 0 rings (SSSR count). The monoisotopic (exact) mass is 211 g/mol. The molecule has 90 valence electrons. The van der Waals surface area contributed by atoms with Gasteiger partial charge in [-0.05, 0) is 45.2 Å². The van der Waals surface area contributed by atoms with Gasteiger partial charge < -0.3 is 4.90 Å². The van der Waals surface area contributed by atoms with Gasteiger partial charge in [0.1, 0.15) is 0 Å². The largest absolute Gasteiger partial charge is 0.303 e. The highest BCUT2D eigenvalue weighted by atomic mass is 15.1. The summed E-state index contributed by atoms with van der Waals surface area (Å²) in [5.74, 6) is 0.762. The first-order valence-corrected chi connectivity index (χ1v) is 6.63. The SMILES string of the molecule is C/C=C/C(CCC)CN(CCC)CCC. The van der Waals surface area contributed by atoms with Crippen molar-refractivity contribution in [3.63, 3.8) is 0 Å². The molecule has 0 aromatic carbocycles. The van der Waals surface area contributed by atoms with Crippen molar-refractivity contribution in [3.05, 3.63) is 12.2 Å². The lowest BCUT2D eigenvalue weighted by molar-refractivity contribution is 0.243. The summed E-state index contributed by atoms with van der Waals surface area (Å²) in [4.78, 5) is 2.61. The highest BCUT2D eigenvalue weighted by Crippen LogP contribution is 2.11. The van der Waals surface area contributed by atoms with Crippen LogP contribution in [0.2, 0.25) is 0 Å². The van der Waals surface area contributed by atoms with E-state index in [2.05, 4.69) is 44.7 Å². The van der Waals surface area contributed by atoms with Crippen molar-refractivity contribution in [2.75, 3.05) is 19.6 Å². The summed E-state index contributed by atoms with van der Waals surface area (Å²) in [5, 5.41) is 0. The van der Waals surface area contributed by atoms with Crippen molar-refractivity contribution in [2.24, 2.45) is 5.92 Å². The molecule has 0 aliphatic carbocycles. The van der Waals surface area contributed by atoms with E-state index in [1.807, 2.05) is 0 Å². The minimum Gasteiger partial charge on any atom is -0.303 e. The molecule has 1 heteroatoms. The van der Waals surface area contributed by atoms with Crippen molar-refractivity contribution in [1.82, 2.24) is 4.90 Å². The Kier molecular flexibility index (Phi) is 10.0. The number of hydrogen-bond acceptors (Lipinski definition) is 1. The molecule has 0 fully saturated rings.